The van der Waals surface area contributed by atoms with Gasteiger partial charge in [-0.15, -0.1) is 0 Å². The smallest absolute Gasteiger partial charge is 0.0935 e. The Labute approximate surface area is 49.8 Å². The van der Waals surface area contributed by atoms with Crippen molar-refractivity contribution in [1.82, 2.24) is 0 Å². The molecule has 0 rings (SSSR count). The van der Waals surface area contributed by atoms with Crippen molar-refractivity contribution in [3.05, 3.63) is 6.32 Å². The molecule has 0 aliphatic carbocycles. The number of rotatable bonds is 4. The summed E-state index contributed by atoms with van der Waals surface area (Å²) in [7, 11) is 3.25. The summed E-state index contributed by atoms with van der Waals surface area (Å²) in [5.74, 6) is 0. The Bertz CT molecular complexity index is 27.3. The van der Waals surface area contributed by atoms with Crippen LogP contribution in [0.4, 0.5) is 0 Å². The van der Waals surface area contributed by atoms with Gasteiger partial charge in [0, 0.05) is 6.04 Å². The Hall–Kier alpha value is 0.152. The highest BCUT2D eigenvalue weighted by Crippen LogP contribution is 1.86. The summed E-state index contributed by atoms with van der Waals surface area (Å²) in [5.41, 5.74) is 0. The van der Waals surface area contributed by atoms with E-state index in [1.54, 1.807) is 0 Å². The third kappa shape index (κ3) is 6.15. The molecule has 0 nitrogen and oxygen atoms in total. The Morgan fingerprint density at radius 1 is 1.71 bits per heavy atom. The van der Waals surface area contributed by atoms with Gasteiger partial charge in [0.1, 0.15) is 0 Å². The quantitative estimate of drug-likeness (QED) is 0.292. The van der Waals surface area contributed by atoms with Crippen molar-refractivity contribution >= 4 is 16.8 Å². The van der Waals surface area contributed by atoms with E-state index in [4.69, 9.17) is 0 Å². The van der Waals surface area contributed by atoms with Crippen molar-refractivity contribution in [2.45, 2.75) is 25.8 Å². The van der Waals surface area contributed by atoms with Gasteiger partial charge in [-0.3, -0.25) is 0 Å². The predicted octanol–water partition coefficient (Wildman–Crippen LogP) is 1.46. The topological polar surface area (TPSA) is 0 Å². The third-order valence-corrected chi connectivity index (χ3v) is 1.77. The molecule has 0 unspecified atom stereocenters. The highest BCUT2D eigenvalue weighted by atomic mass is 28.2. The van der Waals surface area contributed by atoms with Crippen LogP contribution in [-0.2, 0) is 0 Å². The molecule has 7 heavy (non-hydrogen) atoms. The van der Waals surface area contributed by atoms with Crippen LogP contribution in [0, 0.1) is 6.32 Å². The van der Waals surface area contributed by atoms with Crippen molar-refractivity contribution in [2.24, 2.45) is 0 Å². The molecule has 2 heteroatoms. The molecule has 0 aromatic heterocycles. The van der Waals surface area contributed by atoms with E-state index in [9.17, 15) is 0 Å². The monoisotopic (exact) mass is 110 g/mol. The Morgan fingerprint density at radius 2 is 2.43 bits per heavy atom. The molecule has 0 heterocycles. The highest BCUT2D eigenvalue weighted by molar-refractivity contribution is 6.44. The van der Waals surface area contributed by atoms with Gasteiger partial charge in [-0.1, -0.05) is 13.0 Å². The van der Waals surface area contributed by atoms with Gasteiger partial charge >= 0.3 is 0 Å². The Morgan fingerprint density at radius 3 is 2.86 bits per heavy atom. The standard InChI is InChI=1S/C5H11BSi/c1-3-7-5-4-6-2/h4H,3,5H2,1-2H3. The maximum absolute atomic E-state index is 2.22. The second kappa shape index (κ2) is 6.15. The molecule has 0 spiro atoms. The largest absolute Gasteiger partial charge is 0.200 e. The summed E-state index contributed by atoms with van der Waals surface area (Å²) in [6.07, 6.45) is 2.22. The zero-order valence-electron chi connectivity index (χ0n) is 5.07. The molecule has 0 atom stereocenters. The van der Waals surface area contributed by atoms with Crippen LogP contribution in [0.3, 0.4) is 0 Å². The fourth-order valence-electron chi connectivity index (χ4n) is 0.346. The minimum absolute atomic E-state index is 1.13. The van der Waals surface area contributed by atoms with E-state index < -0.39 is 0 Å². The molecule has 0 bridgehead atoms. The van der Waals surface area contributed by atoms with E-state index in [-0.39, 0.29) is 0 Å². The average Bonchev–Trinajstić information content (AvgIpc) is 1.69. The van der Waals surface area contributed by atoms with Gasteiger partial charge in [0.05, 0.1) is 9.52 Å². The first-order valence-electron chi connectivity index (χ1n) is 2.73. The van der Waals surface area contributed by atoms with Crippen LogP contribution in [0.25, 0.3) is 0 Å². The van der Waals surface area contributed by atoms with Crippen molar-refractivity contribution in [3.63, 3.8) is 0 Å². The molecule has 0 aromatic rings. The lowest BCUT2D eigenvalue weighted by molar-refractivity contribution is 1.41. The molecule has 38 valence electrons. The fraction of sp³-hybridized carbons (Fsp3) is 0.800. The van der Waals surface area contributed by atoms with Crippen LogP contribution in [0.5, 0.6) is 0 Å². The second-order valence-electron chi connectivity index (χ2n) is 1.38. The maximum atomic E-state index is 2.22. The lowest BCUT2D eigenvalue weighted by Crippen LogP contribution is -1.89. The summed E-state index contributed by atoms with van der Waals surface area (Å²) in [4.78, 5) is 0. The van der Waals surface area contributed by atoms with E-state index in [2.05, 4.69) is 27.3 Å². The summed E-state index contributed by atoms with van der Waals surface area (Å²) in [6.45, 7) is 4.29. The van der Waals surface area contributed by atoms with Gasteiger partial charge in [0.25, 0.3) is 0 Å². The second-order valence-corrected chi connectivity index (χ2v) is 2.99. The Balaban J connectivity index is 2.45. The lowest BCUT2D eigenvalue weighted by atomic mass is 9.79. The van der Waals surface area contributed by atoms with Crippen LogP contribution in [0.2, 0.25) is 18.9 Å². The van der Waals surface area contributed by atoms with E-state index >= 15 is 0 Å². The highest BCUT2D eigenvalue weighted by Gasteiger charge is 1.82. The molecular weight excluding hydrogens is 99.0 g/mol. The van der Waals surface area contributed by atoms with Gasteiger partial charge in [0.2, 0.25) is 0 Å². The van der Waals surface area contributed by atoms with E-state index in [0.29, 0.717) is 0 Å². The molecule has 4 radical (unpaired) electrons. The van der Waals surface area contributed by atoms with E-state index in [0.717, 1.165) is 9.52 Å². The number of hydrogen-bond donors (Lipinski definition) is 0. The van der Waals surface area contributed by atoms with Gasteiger partial charge < -0.3 is 0 Å². The molecule has 0 aliphatic rings. The van der Waals surface area contributed by atoms with Gasteiger partial charge in [-0.2, -0.15) is 13.1 Å². The molecule has 0 N–H and O–H groups in total. The maximum Gasteiger partial charge on any atom is 0.0935 e. The van der Waals surface area contributed by atoms with Crippen LogP contribution in [0.1, 0.15) is 6.92 Å². The van der Waals surface area contributed by atoms with Crippen LogP contribution >= 0.6 is 0 Å². The number of hydrogen-bond acceptors (Lipinski definition) is 0. The zero-order chi connectivity index (χ0) is 5.54. The van der Waals surface area contributed by atoms with Gasteiger partial charge in [0.15, 0.2) is 0 Å². The normalized spacial score (nSPS) is 8.86. The lowest BCUT2D eigenvalue weighted by Gasteiger charge is -1.90. The molecule has 0 fully saturated rings. The molecular formula is C5H11BSi. The first-order valence-corrected chi connectivity index (χ1v) is 4.15. The fourth-order valence-corrected chi connectivity index (χ4v) is 1.04. The first kappa shape index (κ1) is 7.15. The molecule has 0 aromatic carbocycles. The van der Waals surface area contributed by atoms with Crippen LogP contribution in [0.15, 0.2) is 0 Å². The van der Waals surface area contributed by atoms with E-state index in [1.165, 1.54) is 12.1 Å². The first-order chi connectivity index (χ1) is 3.41. The van der Waals surface area contributed by atoms with Crippen molar-refractivity contribution in [2.75, 3.05) is 0 Å². The SMILES string of the molecule is C[B-][CH+]C[Si]CC. The van der Waals surface area contributed by atoms with Crippen molar-refractivity contribution in [3.8, 4) is 0 Å². The third-order valence-electron chi connectivity index (χ3n) is 0.748. The minimum Gasteiger partial charge on any atom is -0.200 e. The van der Waals surface area contributed by atoms with Crippen molar-refractivity contribution < 1.29 is 0 Å². The average molecular weight is 110 g/mol. The Kier molecular flexibility index (Phi) is 6.29. The summed E-state index contributed by atoms with van der Waals surface area (Å²) < 4.78 is 0. The van der Waals surface area contributed by atoms with Crippen molar-refractivity contribution in [1.29, 1.82) is 0 Å². The molecule has 0 saturated heterocycles. The summed E-state index contributed by atoms with van der Waals surface area (Å²) >= 11 is 0. The minimum atomic E-state index is 1.13. The zero-order valence-corrected chi connectivity index (χ0v) is 6.07. The van der Waals surface area contributed by atoms with E-state index in [1.807, 2.05) is 0 Å². The molecule has 0 amide bonds. The van der Waals surface area contributed by atoms with Gasteiger partial charge in [-0.25, -0.2) is 0 Å². The predicted molar refractivity (Wildman–Crippen MR) is 37.0 cm³/mol. The van der Waals surface area contributed by atoms with Crippen LogP contribution in [-0.4, -0.2) is 16.8 Å². The van der Waals surface area contributed by atoms with Gasteiger partial charge in [-0.05, 0) is 7.28 Å². The van der Waals surface area contributed by atoms with Crippen LogP contribution < -0.4 is 0 Å². The summed E-state index contributed by atoms with van der Waals surface area (Å²) in [5, 5.41) is 0. The molecule has 0 saturated carbocycles. The summed E-state index contributed by atoms with van der Waals surface area (Å²) in [6, 6.07) is 2.62. The molecule has 0 aliphatic heterocycles.